The highest BCUT2D eigenvalue weighted by Gasteiger charge is 2.17. The molecule has 35 heavy (non-hydrogen) atoms. The molecule has 0 fully saturated rings. The maximum Gasteiger partial charge on any atom is 0.145 e. The second-order valence-electron chi connectivity index (χ2n) is 9.17. The number of carbonyl (C=O) groups is 1. The van der Waals surface area contributed by atoms with Crippen LogP contribution in [0.25, 0.3) is 0 Å². The summed E-state index contributed by atoms with van der Waals surface area (Å²) in [6.07, 6.45) is 14.3. The van der Waals surface area contributed by atoms with Crippen molar-refractivity contribution in [2.75, 3.05) is 6.61 Å². The largest absolute Gasteiger partial charge is 0.373 e. The van der Waals surface area contributed by atoms with Crippen LogP contribution in [0.5, 0.6) is 0 Å². The lowest BCUT2D eigenvalue weighted by Gasteiger charge is -2.23. The number of carbonyl (C=O) groups excluding carboxylic acids is 1. The SMILES string of the molecule is C/C(C=O)=C\[C@@H](C)C[C@H](C)[C@@H](/C=C/C=C/C(C)=C/COCc1ccccc1)OCc1ccccc1. The van der Waals surface area contributed by atoms with Gasteiger partial charge in [-0.1, -0.05) is 117 Å². The van der Waals surface area contributed by atoms with Crippen LogP contribution in [0, 0.1) is 11.8 Å². The predicted octanol–water partition coefficient (Wildman–Crippen LogP) is 7.65. The first kappa shape index (κ1) is 28.2. The van der Waals surface area contributed by atoms with Crippen molar-refractivity contribution in [1.82, 2.24) is 0 Å². The smallest absolute Gasteiger partial charge is 0.145 e. The van der Waals surface area contributed by atoms with Crippen LogP contribution in [0.2, 0.25) is 0 Å². The van der Waals surface area contributed by atoms with Crippen LogP contribution in [0.3, 0.4) is 0 Å². The third-order valence-corrected chi connectivity index (χ3v) is 5.73. The van der Waals surface area contributed by atoms with Crippen molar-refractivity contribution in [3.8, 4) is 0 Å². The molecule has 0 unspecified atom stereocenters. The third kappa shape index (κ3) is 12.3. The molecule has 2 rings (SSSR count). The van der Waals surface area contributed by atoms with Gasteiger partial charge in [0.1, 0.15) is 6.29 Å². The summed E-state index contributed by atoms with van der Waals surface area (Å²) in [5.74, 6) is 0.611. The highest BCUT2D eigenvalue weighted by molar-refractivity contribution is 5.72. The molecule has 186 valence electrons. The molecule has 2 aromatic rings. The quantitative estimate of drug-likeness (QED) is 0.116. The first-order chi connectivity index (χ1) is 17.0. The molecule has 0 heterocycles. The summed E-state index contributed by atoms with van der Waals surface area (Å²) in [7, 11) is 0. The first-order valence-electron chi connectivity index (χ1n) is 12.4. The van der Waals surface area contributed by atoms with Gasteiger partial charge in [0.2, 0.25) is 0 Å². The Morgan fingerprint density at radius 1 is 0.857 bits per heavy atom. The molecule has 0 aliphatic carbocycles. The van der Waals surface area contributed by atoms with Gasteiger partial charge in [-0.3, -0.25) is 4.79 Å². The lowest BCUT2D eigenvalue weighted by molar-refractivity contribution is -0.104. The minimum absolute atomic E-state index is 0.0225. The van der Waals surface area contributed by atoms with E-state index in [0.717, 1.165) is 29.4 Å². The van der Waals surface area contributed by atoms with Crippen molar-refractivity contribution in [1.29, 1.82) is 0 Å². The molecule has 0 aliphatic heterocycles. The molecule has 0 spiro atoms. The van der Waals surface area contributed by atoms with E-state index in [2.05, 4.69) is 75.4 Å². The van der Waals surface area contributed by atoms with Gasteiger partial charge in [-0.15, -0.1) is 0 Å². The monoisotopic (exact) mass is 472 g/mol. The van der Waals surface area contributed by atoms with E-state index >= 15 is 0 Å². The van der Waals surface area contributed by atoms with Crippen LogP contribution in [0.1, 0.15) is 45.2 Å². The Balaban J connectivity index is 1.92. The summed E-state index contributed by atoms with van der Waals surface area (Å²) in [5, 5.41) is 0. The zero-order valence-electron chi connectivity index (χ0n) is 21.6. The Hall–Kier alpha value is -3.01. The Bertz CT molecular complexity index is 970. The number of rotatable bonds is 15. The number of hydrogen-bond acceptors (Lipinski definition) is 3. The van der Waals surface area contributed by atoms with E-state index in [4.69, 9.17) is 9.47 Å². The zero-order chi connectivity index (χ0) is 25.3. The summed E-state index contributed by atoms with van der Waals surface area (Å²) in [4.78, 5) is 11.0. The maximum atomic E-state index is 11.0. The third-order valence-electron chi connectivity index (χ3n) is 5.73. The summed E-state index contributed by atoms with van der Waals surface area (Å²) in [5.41, 5.74) is 4.27. The van der Waals surface area contributed by atoms with Crippen molar-refractivity contribution in [3.05, 3.63) is 119 Å². The van der Waals surface area contributed by atoms with Gasteiger partial charge >= 0.3 is 0 Å². The number of hydrogen-bond donors (Lipinski definition) is 0. The van der Waals surface area contributed by atoms with Gasteiger partial charge < -0.3 is 9.47 Å². The average Bonchev–Trinajstić information content (AvgIpc) is 2.87. The van der Waals surface area contributed by atoms with Crippen molar-refractivity contribution in [3.63, 3.8) is 0 Å². The van der Waals surface area contributed by atoms with Crippen molar-refractivity contribution < 1.29 is 14.3 Å². The van der Waals surface area contributed by atoms with Crippen molar-refractivity contribution in [2.24, 2.45) is 11.8 Å². The lowest BCUT2D eigenvalue weighted by atomic mass is 9.91. The van der Waals surface area contributed by atoms with E-state index in [9.17, 15) is 4.79 Å². The molecular formula is C32H40O3. The van der Waals surface area contributed by atoms with Crippen LogP contribution in [0.4, 0.5) is 0 Å². The molecule has 0 saturated carbocycles. The molecule has 0 amide bonds. The number of aldehydes is 1. The van der Waals surface area contributed by atoms with Gasteiger partial charge in [-0.25, -0.2) is 0 Å². The fraction of sp³-hybridized carbons (Fsp3) is 0.344. The standard InChI is InChI=1S/C32H40O3/c1-26(19-20-34-24-30-14-7-5-8-15-30)13-11-12-18-32(35-25-31-16-9-6-10-17-31)29(4)22-27(2)21-28(3)23-33/h5-19,21,23,27,29,32H,20,22,24-25H2,1-4H3/b13-11+,18-12+,26-19+,28-21+/t27-,29+,32-/m1/s1. The first-order valence-corrected chi connectivity index (χ1v) is 12.4. The minimum Gasteiger partial charge on any atom is -0.373 e. The number of allylic oxidation sites excluding steroid dienone is 6. The summed E-state index contributed by atoms with van der Waals surface area (Å²) >= 11 is 0. The van der Waals surface area contributed by atoms with Gasteiger partial charge in [-0.05, 0) is 48.8 Å². The lowest BCUT2D eigenvalue weighted by Crippen LogP contribution is -2.21. The van der Waals surface area contributed by atoms with Crippen molar-refractivity contribution in [2.45, 2.75) is 53.4 Å². The minimum atomic E-state index is -0.0225. The molecular weight excluding hydrogens is 432 g/mol. The Morgan fingerprint density at radius 3 is 2.11 bits per heavy atom. The summed E-state index contributed by atoms with van der Waals surface area (Å²) in [6.45, 7) is 10.1. The van der Waals surface area contributed by atoms with Gasteiger partial charge in [0, 0.05) is 0 Å². The van der Waals surface area contributed by atoms with Crippen LogP contribution < -0.4 is 0 Å². The Morgan fingerprint density at radius 2 is 1.49 bits per heavy atom. The van der Waals surface area contributed by atoms with E-state index < -0.39 is 0 Å². The van der Waals surface area contributed by atoms with Crippen LogP contribution in [0.15, 0.2) is 108 Å². The van der Waals surface area contributed by atoms with Gasteiger partial charge in [0.15, 0.2) is 0 Å². The molecule has 2 aromatic carbocycles. The second kappa shape index (κ2) is 16.6. The Labute approximate surface area is 211 Å². The molecule has 3 heteroatoms. The molecule has 0 aromatic heterocycles. The van der Waals surface area contributed by atoms with E-state index in [-0.39, 0.29) is 6.10 Å². The number of ether oxygens (including phenoxy) is 2. The second-order valence-corrected chi connectivity index (χ2v) is 9.17. The fourth-order valence-electron chi connectivity index (χ4n) is 3.84. The van der Waals surface area contributed by atoms with Gasteiger partial charge in [0.05, 0.1) is 25.9 Å². The molecule has 0 saturated heterocycles. The summed E-state index contributed by atoms with van der Waals surface area (Å²) in [6, 6.07) is 20.4. The molecule has 0 aliphatic rings. The zero-order valence-corrected chi connectivity index (χ0v) is 21.6. The van der Waals surface area contributed by atoms with Crippen LogP contribution >= 0.6 is 0 Å². The maximum absolute atomic E-state index is 11.0. The topological polar surface area (TPSA) is 35.5 Å². The van der Waals surface area contributed by atoms with E-state index in [1.165, 1.54) is 5.56 Å². The molecule has 0 bridgehead atoms. The number of benzene rings is 2. The predicted molar refractivity (Wildman–Crippen MR) is 146 cm³/mol. The molecule has 3 nitrogen and oxygen atoms in total. The normalized spacial score (nSPS) is 15.4. The van der Waals surface area contributed by atoms with Crippen LogP contribution in [-0.4, -0.2) is 19.0 Å². The van der Waals surface area contributed by atoms with Crippen LogP contribution in [-0.2, 0) is 27.5 Å². The summed E-state index contributed by atoms with van der Waals surface area (Å²) < 4.78 is 12.0. The average molecular weight is 473 g/mol. The molecule has 0 N–H and O–H groups in total. The fourth-order valence-corrected chi connectivity index (χ4v) is 3.84. The highest BCUT2D eigenvalue weighted by atomic mass is 16.5. The van der Waals surface area contributed by atoms with E-state index in [1.54, 1.807) is 0 Å². The van der Waals surface area contributed by atoms with Gasteiger partial charge in [0.25, 0.3) is 0 Å². The Kier molecular flexibility index (Phi) is 13.4. The highest BCUT2D eigenvalue weighted by Crippen LogP contribution is 2.22. The molecule has 3 atom stereocenters. The van der Waals surface area contributed by atoms with Gasteiger partial charge in [-0.2, -0.15) is 0 Å². The van der Waals surface area contributed by atoms with Crippen molar-refractivity contribution >= 4 is 6.29 Å². The van der Waals surface area contributed by atoms with E-state index in [0.29, 0.717) is 31.7 Å². The molecule has 0 radical (unpaired) electrons. The van der Waals surface area contributed by atoms with E-state index in [1.807, 2.05) is 49.4 Å².